The quantitative estimate of drug-likeness (QED) is 0.581. The Hall–Kier alpha value is -3.54. The van der Waals surface area contributed by atoms with Gasteiger partial charge in [-0.1, -0.05) is 37.3 Å². The number of hydrogen-bond acceptors (Lipinski definition) is 5. The molecule has 1 amide bonds. The second kappa shape index (κ2) is 9.59. The Balaban J connectivity index is 1.58. The molecule has 0 aliphatic carbocycles. The molecule has 0 unspecified atom stereocenters. The average molecular weight is 391 g/mol. The number of ether oxygens (including phenoxy) is 2. The monoisotopic (exact) mass is 391 g/mol. The zero-order valence-corrected chi connectivity index (χ0v) is 16.9. The third-order valence-corrected chi connectivity index (χ3v) is 4.47. The van der Waals surface area contributed by atoms with Crippen LogP contribution in [0.3, 0.4) is 0 Å². The molecule has 0 saturated carbocycles. The summed E-state index contributed by atoms with van der Waals surface area (Å²) in [6, 6.07) is 17.1. The molecule has 2 aromatic carbocycles. The lowest BCUT2D eigenvalue weighted by Crippen LogP contribution is -2.20. The number of para-hydroxylation sites is 3. The van der Waals surface area contributed by atoms with Crippen LogP contribution in [-0.4, -0.2) is 24.6 Å². The van der Waals surface area contributed by atoms with Gasteiger partial charge in [0.05, 0.1) is 19.0 Å². The molecule has 0 fully saturated rings. The molecule has 0 aliphatic heterocycles. The fourth-order valence-corrected chi connectivity index (χ4v) is 2.95. The van der Waals surface area contributed by atoms with Crippen LogP contribution in [0.4, 0.5) is 17.2 Å². The van der Waals surface area contributed by atoms with Gasteiger partial charge in [-0.2, -0.15) is 0 Å². The van der Waals surface area contributed by atoms with E-state index in [2.05, 4.69) is 47.7 Å². The summed E-state index contributed by atoms with van der Waals surface area (Å²) in [6.45, 7) is 4.07. The van der Waals surface area contributed by atoms with Crippen LogP contribution in [0.5, 0.6) is 11.5 Å². The van der Waals surface area contributed by atoms with Crippen molar-refractivity contribution in [2.24, 2.45) is 0 Å². The first-order chi connectivity index (χ1) is 14.1. The molecule has 0 spiro atoms. The van der Waals surface area contributed by atoms with Gasteiger partial charge in [-0.25, -0.2) is 4.98 Å². The smallest absolute Gasteiger partial charge is 0.262 e. The number of aryl methyl sites for hydroxylation is 2. The average Bonchev–Trinajstić information content (AvgIpc) is 2.75. The highest BCUT2D eigenvalue weighted by atomic mass is 16.5. The normalized spacial score (nSPS) is 10.3. The maximum atomic E-state index is 12.2. The largest absolute Gasteiger partial charge is 0.493 e. The Bertz CT molecular complexity index is 971. The second-order valence-electron chi connectivity index (χ2n) is 6.51. The van der Waals surface area contributed by atoms with Gasteiger partial charge < -0.3 is 20.1 Å². The van der Waals surface area contributed by atoms with Gasteiger partial charge in [0, 0.05) is 5.69 Å². The number of pyridine rings is 1. The van der Waals surface area contributed by atoms with E-state index in [1.165, 1.54) is 5.56 Å². The molecule has 0 radical (unpaired) electrons. The Morgan fingerprint density at radius 3 is 2.52 bits per heavy atom. The topological polar surface area (TPSA) is 72.5 Å². The van der Waals surface area contributed by atoms with Crippen LogP contribution in [0.2, 0.25) is 0 Å². The van der Waals surface area contributed by atoms with Crippen molar-refractivity contribution in [1.82, 2.24) is 4.98 Å². The molecule has 150 valence electrons. The Kier molecular flexibility index (Phi) is 6.68. The van der Waals surface area contributed by atoms with Gasteiger partial charge in [0.15, 0.2) is 18.1 Å². The lowest BCUT2D eigenvalue weighted by atomic mass is 10.1. The number of anilines is 3. The minimum Gasteiger partial charge on any atom is -0.493 e. The van der Waals surface area contributed by atoms with E-state index in [0.29, 0.717) is 17.2 Å². The molecular formula is C23H25N3O3. The third kappa shape index (κ3) is 5.25. The zero-order chi connectivity index (χ0) is 20.6. The summed E-state index contributed by atoms with van der Waals surface area (Å²) in [5.74, 6) is 1.55. The maximum absolute atomic E-state index is 12.2. The van der Waals surface area contributed by atoms with Crippen molar-refractivity contribution in [3.63, 3.8) is 0 Å². The number of benzene rings is 2. The molecule has 1 heterocycles. The van der Waals surface area contributed by atoms with Crippen LogP contribution in [0, 0.1) is 6.92 Å². The zero-order valence-electron chi connectivity index (χ0n) is 16.9. The van der Waals surface area contributed by atoms with Crippen molar-refractivity contribution in [3.8, 4) is 11.5 Å². The van der Waals surface area contributed by atoms with Crippen LogP contribution < -0.4 is 20.1 Å². The lowest BCUT2D eigenvalue weighted by molar-refractivity contribution is -0.118. The molecule has 0 bridgehead atoms. The summed E-state index contributed by atoms with van der Waals surface area (Å²) in [4.78, 5) is 16.6. The van der Waals surface area contributed by atoms with Gasteiger partial charge in [-0.15, -0.1) is 0 Å². The number of nitrogens with one attached hydrogen (secondary N) is 2. The minimum absolute atomic E-state index is 0.122. The summed E-state index contributed by atoms with van der Waals surface area (Å²) < 4.78 is 10.7. The summed E-state index contributed by atoms with van der Waals surface area (Å²) >= 11 is 0. The summed E-state index contributed by atoms with van der Waals surface area (Å²) in [7, 11) is 1.56. The minimum atomic E-state index is -0.273. The van der Waals surface area contributed by atoms with Crippen molar-refractivity contribution in [1.29, 1.82) is 0 Å². The highest BCUT2D eigenvalue weighted by molar-refractivity contribution is 5.91. The first kappa shape index (κ1) is 20.2. The van der Waals surface area contributed by atoms with E-state index < -0.39 is 0 Å². The molecule has 0 atom stereocenters. The Labute approximate surface area is 170 Å². The number of carbonyl (C=O) groups is 1. The fourth-order valence-electron chi connectivity index (χ4n) is 2.95. The molecule has 2 N–H and O–H groups in total. The first-order valence-corrected chi connectivity index (χ1v) is 9.48. The third-order valence-electron chi connectivity index (χ3n) is 4.47. The van der Waals surface area contributed by atoms with Crippen molar-refractivity contribution >= 4 is 23.1 Å². The van der Waals surface area contributed by atoms with Crippen LogP contribution in [0.1, 0.15) is 18.1 Å². The van der Waals surface area contributed by atoms with E-state index in [4.69, 9.17) is 9.47 Å². The van der Waals surface area contributed by atoms with Crippen molar-refractivity contribution < 1.29 is 14.3 Å². The molecule has 29 heavy (non-hydrogen) atoms. The molecule has 3 rings (SSSR count). The van der Waals surface area contributed by atoms with Gasteiger partial charge in [0.25, 0.3) is 5.91 Å². The molecule has 0 aliphatic rings. The number of carbonyl (C=O) groups excluding carboxylic acids is 1. The summed E-state index contributed by atoms with van der Waals surface area (Å²) in [5, 5.41) is 6.15. The lowest BCUT2D eigenvalue weighted by Gasteiger charge is -2.14. The van der Waals surface area contributed by atoms with Crippen LogP contribution >= 0.6 is 0 Å². The molecule has 1 aromatic heterocycles. The Morgan fingerprint density at radius 1 is 1.03 bits per heavy atom. The van der Waals surface area contributed by atoms with E-state index in [1.54, 1.807) is 31.5 Å². The first-order valence-electron chi connectivity index (χ1n) is 9.48. The van der Waals surface area contributed by atoms with E-state index >= 15 is 0 Å². The van der Waals surface area contributed by atoms with E-state index in [1.807, 2.05) is 18.2 Å². The van der Waals surface area contributed by atoms with Gasteiger partial charge in [0.1, 0.15) is 5.82 Å². The van der Waals surface area contributed by atoms with Gasteiger partial charge in [-0.05, 0) is 48.7 Å². The number of hydrogen-bond donors (Lipinski definition) is 2. The number of nitrogens with zero attached hydrogens (tertiary/aromatic N) is 1. The van der Waals surface area contributed by atoms with Crippen molar-refractivity contribution in [2.45, 2.75) is 20.3 Å². The predicted octanol–water partition coefficient (Wildman–Crippen LogP) is 4.72. The number of amides is 1. The van der Waals surface area contributed by atoms with E-state index in [0.717, 1.165) is 23.5 Å². The van der Waals surface area contributed by atoms with Crippen LogP contribution in [0.15, 0.2) is 60.8 Å². The Morgan fingerprint density at radius 2 is 1.83 bits per heavy atom. The highest BCUT2D eigenvalue weighted by Gasteiger charge is 2.09. The second-order valence-corrected chi connectivity index (χ2v) is 6.51. The van der Waals surface area contributed by atoms with E-state index in [9.17, 15) is 4.79 Å². The number of rotatable bonds is 8. The van der Waals surface area contributed by atoms with Crippen LogP contribution in [-0.2, 0) is 11.2 Å². The van der Waals surface area contributed by atoms with Crippen molar-refractivity contribution in [3.05, 3.63) is 71.9 Å². The van der Waals surface area contributed by atoms with Crippen molar-refractivity contribution in [2.75, 3.05) is 24.4 Å². The number of aromatic nitrogens is 1. The molecule has 6 nitrogen and oxygen atoms in total. The molecule has 0 saturated heterocycles. The summed E-state index contributed by atoms with van der Waals surface area (Å²) in [5.41, 5.74) is 4.07. The maximum Gasteiger partial charge on any atom is 0.262 e. The number of methoxy groups -OCH3 is 1. The van der Waals surface area contributed by atoms with E-state index in [-0.39, 0.29) is 12.5 Å². The molecule has 3 aromatic rings. The molecular weight excluding hydrogens is 366 g/mol. The standard InChI is InChI=1S/C23H25N3O3/c1-4-17-9-7-8-16(2)23(17)26-21-13-12-18(14-24-21)25-22(27)15-29-20-11-6-5-10-19(20)28-3/h5-14H,4,15H2,1-3H3,(H,24,26)(H,25,27). The summed E-state index contributed by atoms with van der Waals surface area (Å²) in [6.07, 6.45) is 2.55. The highest BCUT2D eigenvalue weighted by Crippen LogP contribution is 2.26. The van der Waals surface area contributed by atoms with Gasteiger partial charge >= 0.3 is 0 Å². The van der Waals surface area contributed by atoms with Crippen LogP contribution in [0.25, 0.3) is 0 Å². The molecule has 6 heteroatoms. The van der Waals surface area contributed by atoms with Gasteiger partial charge in [0.2, 0.25) is 0 Å². The fraction of sp³-hybridized carbons (Fsp3) is 0.217. The SMILES string of the molecule is CCc1cccc(C)c1Nc1ccc(NC(=O)COc2ccccc2OC)cn1. The van der Waals surface area contributed by atoms with Gasteiger partial charge in [-0.3, -0.25) is 4.79 Å². The predicted molar refractivity (Wildman–Crippen MR) is 115 cm³/mol.